The van der Waals surface area contributed by atoms with E-state index in [1.807, 2.05) is 6.92 Å². The molecule has 1 aromatic heterocycles. The molecule has 0 radical (unpaired) electrons. The number of ether oxygens (including phenoxy) is 1. The molecule has 2 heterocycles. The zero-order chi connectivity index (χ0) is 16.1. The molecule has 1 aromatic rings. The lowest BCUT2D eigenvalue weighted by Gasteiger charge is -2.26. The van der Waals surface area contributed by atoms with E-state index in [4.69, 9.17) is 4.74 Å². The van der Waals surface area contributed by atoms with Crippen LogP contribution in [0.1, 0.15) is 38.3 Å². The van der Waals surface area contributed by atoms with E-state index in [0.717, 1.165) is 45.4 Å². The van der Waals surface area contributed by atoms with Crippen LogP contribution in [0, 0.1) is 23.0 Å². The van der Waals surface area contributed by atoms with E-state index in [1.165, 1.54) is 0 Å². The Morgan fingerprint density at radius 1 is 1.45 bits per heavy atom. The molecule has 0 unspecified atom stereocenters. The van der Waals surface area contributed by atoms with Crippen molar-refractivity contribution in [2.45, 2.75) is 46.1 Å². The van der Waals surface area contributed by atoms with E-state index in [2.05, 4.69) is 10.00 Å². The Balaban J connectivity index is 2.30. The summed E-state index contributed by atoms with van der Waals surface area (Å²) in [5.74, 6) is 1.19. The van der Waals surface area contributed by atoms with Crippen molar-refractivity contribution in [2.75, 3.05) is 31.7 Å². The van der Waals surface area contributed by atoms with Crippen molar-refractivity contribution in [2.24, 2.45) is 5.92 Å². The van der Waals surface area contributed by atoms with Crippen molar-refractivity contribution in [3.8, 4) is 0 Å². The van der Waals surface area contributed by atoms with Gasteiger partial charge >= 0.3 is 5.69 Å². The van der Waals surface area contributed by atoms with Crippen LogP contribution in [0.15, 0.2) is 0 Å². The largest absolute Gasteiger partial charge is 0.385 e. The summed E-state index contributed by atoms with van der Waals surface area (Å²) in [5, 5.41) is 15.8. The Morgan fingerprint density at radius 2 is 2.23 bits per heavy atom. The monoisotopic (exact) mass is 310 g/mol. The van der Waals surface area contributed by atoms with Gasteiger partial charge in [-0.3, -0.25) is 10.1 Å². The molecule has 0 bridgehead atoms. The Labute approximate surface area is 131 Å². The summed E-state index contributed by atoms with van der Waals surface area (Å²) >= 11 is 0. The molecular weight excluding hydrogens is 284 g/mol. The molecule has 1 saturated heterocycles. The van der Waals surface area contributed by atoms with Gasteiger partial charge in [0.1, 0.15) is 5.69 Å². The molecule has 124 valence electrons. The third kappa shape index (κ3) is 3.58. The first kappa shape index (κ1) is 16.7. The number of rotatable bonds is 6. The summed E-state index contributed by atoms with van der Waals surface area (Å²) in [4.78, 5) is 13.3. The van der Waals surface area contributed by atoms with E-state index in [9.17, 15) is 10.1 Å². The second-order valence-electron chi connectivity index (χ2n) is 5.92. The number of aryl methyl sites for hydroxylation is 2. The third-order valence-electron chi connectivity index (χ3n) is 4.35. The molecule has 0 spiro atoms. The minimum atomic E-state index is -0.293. The second-order valence-corrected chi connectivity index (χ2v) is 5.92. The minimum absolute atomic E-state index is 0.161. The number of anilines is 1. The zero-order valence-electron chi connectivity index (χ0n) is 13.7. The summed E-state index contributed by atoms with van der Waals surface area (Å²) in [7, 11) is 1.72. The first-order chi connectivity index (χ1) is 10.6. The molecule has 7 nitrogen and oxygen atoms in total. The van der Waals surface area contributed by atoms with Crippen molar-refractivity contribution >= 4 is 11.5 Å². The number of nitrogens with zero attached hydrogens (tertiary/aromatic N) is 4. The molecular formula is C15H26N4O3. The summed E-state index contributed by atoms with van der Waals surface area (Å²) in [6.07, 6.45) is 4.39. The lowest BCUT2D eigenvalue weighted by atomic mass is 10.00. The van der Waals surface area contributed by atoms with Crippen molar-refractivity contribution in [3.05, 3.63) is 15.8 Å². The summed E-state index contributed by atoms with van der Waals surface area (Å²) in [6, 6.07) is 0. The van der Waals surface area contributed by atoms with Crippen LogP contribution in [0.5, 0.6) is 0 Å². The van der Waals surface area contributed by atoms with Crippen LogP contribution < -0.4 is 4.90 Å². The molecule has 0 N–H and O–H groups in total. The van der Waals surface area contributed by atoms with Gasteiger partial charge in [-0.2, -0.15) is 5.10 Å². The average molecular weight is 310 g/mol. The normalized spacial score (nSPS) is 19.2. The average Bonchev–Trinajstić information content (AvgIpc) is 2.67. The Bertz CT molecular complexity index is 515. The SMILES string of the molecule is CCn1nc(C)c([N+](=O)[O-])c1N1CCCC[C@@H](CCOC)C1. The maximum atomic E-state index is 11.5. The van der Waals surface area contributed by atoms with Crippen molar-refractivity contribution < 1.29 is 9.66 Å². The van der Waals surface area contributed by atoms with Crippen LogP contribution in [0.3, 0.4) is 0 Å². The number of aromatic nitrogens is 2. The van der Waals surface area contributed by atoms with Crippen molar-refractivity contribution in [1.82, 2.24) is 9.78 Å². The van der Waals surface area contributed by atoms with E-state index in [1.54, 1.807) is 18.7 Å². The quantitative estimate of drug-likeness (QED) is 0.596. The van der Waals surface area contributed by atoms with Crippen LogP contribution >= 0.6 is 0 Å². The van der Waals surface area contributed by atoms with Gasteiger partial charge in [0.05, 0.1) is 4.92 Å². The van der Waals surface area contributed by atoms with Crippen LogP contribution in [0.2, 0.25) is 0 Å². The maximum absolute atomic E-state index is 11.5. The summed E-state index contributed by atoms with van der Waals surface area (Å²) in [5.41, 5.74) is 0.661. The molecule has 1 aliphatic heterocycles. The van der Waals surface area contributed by atoms with Gasteiger partial charge in [-0.05, 0) is 39.0 Å². The van der Waals surface area contributed by atoms with Gasteiger partial charge in [-0.15, -0.1) is 0 Å². The minimum Gasteiger partial charge on any atom is -0.385 e. The van der Waals surface area contributed by atoms with Gasteiger partial charge in [0.2, 0.25) is 5.82 Å². The van der Waals surface area contributed by atoms with Gasteiger partial charge in [0.25, 0.3) is 0 Å². The first-order valence-corrected chi connectivity index (χ1v) is 8.04. The Morgan fingerprint density at radius 3 is 2.86 bits per heavy atom. The molecule has 0 saturated carbocycles. The second kappa shape index (κ2) is 7.58. The molecule has 1 fully saturated rings. The zero-order valence-corrected chi connectivity index (χ0v) is 13.7. The lowest BCUT2D eigenvalue weighted by Crippen LogP contribution is -2.31. The summed E-state index contributed by atoms with van der Waals surface area (Å²) in [6.45, 7) is 6.77. The van der Waals surface area contributed by atoms with E-state index >= 15 is 0 Å². The smallest absolute Gasteiger partial charge is 0.333 e. The predicted molar refractivity (Wildman–Crippen MR) is 85.3 cm³/mol. The van der Waals surface area contributed by atoms with Gasteiger partial charge in [0, 0.05) is 33.4 Å². The fourth-order valence-corrected chi connectivity index (χ4v) is 3.25. The molecule has 7 heteroatoms. The molecule has 0 aliphatic carbocycles. The van der Waals surface area contributed by atoms with E-state index in [-0.39, 0.29) is 10.6 Å². The number of hydrogen-bond donors (Lipinski definition) is 0. The van der Waals surface area contributed by atoms with Crippen LogP contribution in [-0.2, 0) is 11.3 Å². The van der Waals surface area contributed by atoms with Crippen molar-refractivity contribution in [3.63, 3.8) is 0 Å². The van der Waals surface area contributed by atoms with Gasteiger partial charge < -0.3 is 9.64 Å². The predicted octanol–water partition coefficient (Wildman–Crippen LogP) is 2.76. The molecule has 1 atom stereocenters. The van der Waals surface area contributed by atoms with E-state index < -0.39 is 0 Å². The van der Waals surface area contributed by atoms with Crippen LogP contribution in [-0.4, -0.2) is 41.5 Å². The maximum Gasteiger partial charge on any atom is 0.333 e. The highest BCUT2D eigenvalue weighted by atomic mass is 16.6. The highest BCUT2D eigenvalue weighted by Crippen LogP contribution is 2.34. The van der Waals surface area contributed by atoms with Crippen LogP contribution in [0.4, 0.5) is 11.5 Å². The fourth-order valence-electron chi connectivity index (χ4n) is 3.25. The molecule has 22 heavy (non-hydrogen) atoms. The van der Waals surface area contributed by atoms with E-state index in [0.29, 0.717) is 24.0 Å². The van der Waals surface area contributed by atoms with Gasteiger partial charge in [-0.1, -0.05) is 6.42 Å². The first-order valence-electron chi connectivity index (χ1n) is 8.04. The lowest BCUT2D eigenvalue weighted by molar-refractivity contribution is -0.384. The molecule has 2 rings (SSSR count). The third-order valence-corrected chi connectivity index (χ3v) is 4.35. The molecule has 0 aromatic carbocycles. The summed E-state index contributed by atoms with van der Waals surface area (Å²) < 4.78 is 6.96. The molecule has 0 amide bonds. The molecule has 1 aliphatic rings. The topological polar surface area (TPSA) is 73.4 Å². The Hall–Kier alpha value is -1.63. The Kier molecular flexibility index (Phi) is 5.76. The van der Waals surface area contributed by atoms with Crippen LogP contribution in [0.25, 0.3) is 0 Å². The highest BCUT2D eigenvalue weighted by Gasteiger charge is 2.31. The number of nitro groups is 1. The van der Waals surface area contributed by atoms with Gasteiger partial charge in [-0.25, -0.2) is 4.68 Å². The highest BCUT2D eigenvalue weighted by molar-refractivity contribution is 5.61. The standard InChI is InChI=1S/C15H26N4O3/c1-4-18-15(14(19(20)21)12(2)16-18)17-9-6-5-7-13(11-17)8-10-22-3/h13H,4-11H2,1-3H3/t13-/m0/s1. The van der Waals surface area contributed by atoms with Crippen molar-refractivity contribution in [1.29, 1.82) is 0 Å². The van der Waals surface area contributed by atoms with Gasteiger partial charge in [0.15, 0.2) is 0 Å². The number of hydrogen-bond acceptors (Lipinski definition) is 5. The number of methoxy groups -OCH3 is 1. The fraction of sp³-hybridized carbons (Fsp3) is 0.800.